The number of nitrogens with one attached hydrogen (secondary N) is 2. The fraction of sp³-hybridized carbons (Fsp3) is 0.158. The Labute approximate surface area is 154 Å². The molecule has 1 aromatic carbocycles. The molecule has 0 saturated heterocycles. The van der Waals surface area contributed by atoms with Crippen molar-refractivity contribution in [1.82, 2.24) is 10.6 Å². The molecule has 0 saturated carbocycles. The molecule has 6 heteroatoms. The number of hydrogen-bond donors (Lipinski definition) is 2. The van der Waals surface area contributed by atoms with Crippen molar-refractivity contribution in [3.63, 3.8) is 0 Å². The molecule has 128 valence electrons. The smallest absolute Gasteiger partial charge is 0.262 e. The molecule has 0 radical (unpaired) electrons. The van der Waals surface area contributed by atoms with Gasteiger partial charge in [-0.2, -0.15) is 0 Å². The highest BCUT2D eigenvalue weighted by molar-refractivity contribution is 7.12. The molecule has 2 N–H and O–H groups in total. The van der Waals surface area contributed by atoms with Crippen LogP contribution in [0.4, 0.5) is 0 Å². The number of hydrogen-bond acceptors (Lipinski definition) is 4. The van der Waals surface area contributed by atoms with Gasteiger partial charge in [-0.05, 0) is 28.5 Å². The number of amides is 2. The van der Waals surface area contributed by atoms with Gasteiger partial charge in [-0.15, -0.1) is 22.7 Å². The lowest BCUT2D eigenvalue weighted by Crippen LogP contribution is -2.47. The molecular weight excluding hydrogens is 352 g/mol. The van der Waals surface area contributed by atoms with Crippen molar-refractivity contribution < 1.29 is 9.59 Å². The molecule has 3 rings (SSSR count). The van der Waals surface area contributed by atoms with Crippen LogP contribution in [0.1, 0.15) is 20.1 Å². The molecule has 2 amide bonds. The maximum absolute atomic E-state index is 12.6. The first-order chi connectivity index (χ1) is 12.2. The maximum atomic E-state index is 12.6. The van der Waals surface area contributed by atoms with E-state index in [2.05, 4.69) is 10.6 Å². The topological polar surface area (TPSA) is 58.2 Å². The third-order valence-corrected chi connectivity index (χ3v) is 5.41. The molecule has 2 heterocycles. The Morgan fingerprint density at radius 3 is 2.36 bits per heavy atom. The second-order valence-electron chi connectivity index (χ2n) is 5.49. The van der Waals surface area contributed by atoms with E-state index in [9.17, 15) is 9.59 Å². The Bertz CT molecular complexity index is 799. The van der Waals surface area contributed by atoms with Crippen LogP contribution in [0.2, 0.25) is 0 Å². The zero-order chi connectivity index (χ0) is 17.5. The molecule has 0 bridgehead atoms. The number of thiophene rings is 2. The van der Waals surface area contributed by atoms with Gasteiger partial charge < -0.3 is 10.6 Å². The highest BCUT2D eigenvalue weighted by atomic mass is 32.1. The molecule has 2 aromatic heterocycles. The third kappa shape index (κ3) is 5.01. The van der Waals surface area contributed by atoms with Crippen molar-refractivity contribution in [2.75, 3.05) is 0 Å². The Morgan fingerprint density at radius 2 is 1.68 bits per heavy atom. The van der Waals surface area contributed by atoms with E-state index in [1.54, 1.807) is 17.4 Å². The minimum Gasteiger partial charge on any atom is -0.349 e. The summed E-state index contributed by atoms with van der Waals surface area (Å²) in [6, 6.07) is 16.6. The van der Waals surface area contributed by atoms with Gasteiger partial charge in [0.05, 0.1) is 11.4 Å². The van der Waals surface area contributed by atoms with E-state index in [4.69, 9.17) is 0 Å². The number of rotatable bonds is 7. The second kappa shape index (κ2) is 8.60. The molecule has 0 aliphatic heterocycles. The normalized spacial score (nSPS) is 11.7. The van der Waals surface area contributed by atoms with Gasteiger partial charge in [0.1, 0.15) is 6.04 Å². The van der Waals surface area contributed by atoms with Crippen LogP contribution in [0.15, 0.2) is 65.4 Å². The van der Waals surface area contributed by atoms with E-state index in [-0.39, 0.29) is 11.8 Å². The zero-order valence-corrected chi connectivity index (χ0v) is 15.1. The standard InChI is InChI=1S/C19H18N2O2S2/c22-18(20-13-15-8-4-10-24-15)16(12-14-6-2-1-3-7-14)21-19(23)17-9-5-11-25-17/h1-11,16H,12-13H2,(H,20,22)(H,21,23)/t16-/m0/s1. The summed E-state index contributed by atoms with van der Waals surface area (Å²) in [6.45, 7) is 0.469. The summed E-state index contributed by atoms with van der Waals surface area (Å²) < 4.78 is 0. The third-order valence-electron chi connectivity index (χ3n) is 3.67. The van der Waals surface area contributed by atoms with Gasteiger partial charge in [-0.3, -0.25) is 9.59 Å². The van der Waals surface area contributed by atoms with Crippen LogP contribution in [-0.4, -0.2) is 17.9 Å². The van der Waals surface area contributed by atoms with Gasteiger partial charge in [0.2, 0.25) is 5.91 Å². The Hall–Kier alpha value is -2.44. The first-order valence-electron chi connectivity index (χ1n) is 7.91. The minimum atomic E-state index is -0.614. The van der Waals surface area contributed by atoms with Crippen LogP contribution in [0.5, 0.6) is 0 Å². The molecular formula is C19H18N2O2S2. The SMILES string of the molecule is O=C(N[C@@H](Cc1ccccc1)C(=O)NCc1cccs1)c1cccs1. The van der Waals surface area contributed by atoms with E-state index < -0.39 is 6.04 Å². The molecule has 0 fully saturated rings. The van der Waals surface area contributed by atoms with Crippen molar-refractivity contribution in [2.45, 2.75) is 19.0 Å². The summed E-state index contributed by atoms with van der Waals surface area (Å²) in [7, 11) is 0. The van der Waals surface area contributed by atoms with Gasteiger partial charge in [0, 0.05) is 11.3 Å². The van der Waals surface area contributed by atoms with Gasteiger partial charge in [0.25, 0.3) is 5.91 Å². The summed E-state index contributed by atoms with van der Waals surface area (Å²) in [6.07, 6.45) is 0.453. The van der Waals surface area contributed by atoms with Crippen molar-refractivity contribution in [1.29, 1.82) is 0 Å². The van der Waals surface area contributed by atoms with Crippen LogP contribution >= 0.6 is 22.7 Å². The lowest BCUT2D eigenvalue weighted by molar-refractivity contribution is -0.123. The molecule has 0 unspecified atom stereocenters. The average molecular weight is 370 g/mol. The van der Waals surface area contributed by atoms with Crippen molar-refractivity contribution in [2.24, 2.45) is 0 Å². The van der Waals surface area contributed by atoms with Crippen molar-refractivity contribution in [3.05, 3.63) is 80.7 Å². The molecule has 0 aliphatic carbocycles. The highest BCUT2D eigenvalue weighted by Gasteiger charge is 2.22. The van der Waals surface area contributed by atoms with Gasteiger partial charge in [-0.25, -0.2) is 0 Å². The van der Waals surface area contributed by atoms with E-state index in [0.29, 0.717) is 17.8 Å². The van der Waals surface area contributed by atoms with Crippen molar-refractivity contribution in [3.8, 4) is 0 Å². The van der Waals surface area contributed by atoms with Crippen LogP contribution in [-0.2, 0) is 17.8 Å². The molecule has 0 spiro atoms. The predicted molar refractivity (Wildman–Crippen MR) is 102 cm³/mol. The summed E-state index contributed by atoms with van der Waals surface area (Å²) in [5.74, 6) is -0.399. The number of carbonyl (C=O) groups is 2. The molecule has 1 atom stereocenters. The van der Waals surface area contributed by atoms with E-state index in [0.717, 1.165) is 10.4 Å². The summed E-state index contributed by atoms with van der Waals surface area (Å²) in [5.41, 5.74) is 1.00. The fourth-order valence-electron chi connectivity index (χ4n) is 2.41. The Kier molecular flexibility index (Phi) is 5.98. The summed E-state index contributed by atoms with van der Waals surface area (Å²) in [5, 5.41) is 9.60. The van der Waals surface area contributed by atoms with E-state index in [1.165, 1.54) is 11.3 Å². The first kappa shape index (κ1) is 17.4. The van der Waals surface area contributed by atoms with Crippen LogP contribution < -0.4 is 10.6 Å². The maximum Gasteiger partial charge on any atom is 0.262 e. The summed E-state index contributed by atoms with van der Waals surface area (Å²) >= 11 is 2.95. The average Bonchev–Trinajstić information content (AvgIpc) is 3.33. The van der Waals surface area contributed by atoms with Crippen LogP contribution in [0.25, 0.3) is 0 Å². The molecule has 0 aliphatic rings. The Balaban J connectivity index is 1.68. The largest absolute Gasteiger partial charge is 0.349 e. The summed E-state index contributed by atoms with van der Waals surface area (Å²) in [4.78, 5) is 26.7. The second-order valence-corrected chi connectivity index (χ2v) is 7.47. The van der Waals surface area contributed by atoms with Gasteiger partial charge >= 0.3 is 0 Å². The number of benzene rings is 1. The minimum absolute atomic E-state index is 0.179. The predicted octanol–water partition coefficient (Wildman–Crippen LogP) is 3.47. The van der Waals surface area contributed by atoms with Gasteiger partial charge in [0.15, 0.2) is 0 Å². The fourth-order valence-corrected chi connectivity index (χ4v) is 3.68. The quantitative estimate of drug-likeness (QED) is 0.669. The monoisotopic (exact) mass is 370 g/mol. The van der Waals surface area contributed by atoms with Crippen LogP contribution in [0, 0.1) is 0 Å². The van der Waals surface area contributed by atoms with Gasteiger partial charge in [-0.1, -0.05) is 42.5 Å². The lowest BCUT2D eigenvalue weighted by Gasteiger charge is -2.18. The van der Waals surface area contributed by atoms with E-state index in [1.807, 2.05) is 59.3 Å². The lowest BCUT2D eigenvalue weighted by atomic mass is 10.1. The van der Waals surface area contributed by atoms with E-state index >= 15 is 0 Å². The number of carbonyl (C=O) groups excluding carboxylic acids is 2. The molecule has 4 nitrogen and oxygen atoms in total. The van der Waals surface area contributed by atoms with Crippen molar-refractivity contribution >= 4 is 34.5 Å². The first-order valence-corrected chi connectivity index (χ1v) is 9.66. The Morgan fingerprint density at radius 1 is 0.920 bits per heavy atom. The molecule has 3 aromatic rings. The highest BCUT2D eigenvalue weighted by Crippen LogP contribution is 2.11. The van der Waals surface area contributed by atoms with Crippen LogP contribution in [0.3, 0.4) is 0 Å². The zero-order valence-electron chi connectivity index (χ0n) is 13.5. The molecule has 25 heavy (non-hydrogen) atoms.